The summed E-state index contributed by atoms with van der Waals surface area (Å²) in [4.78, 5) is 0. The molecule has 2 aliphatic carbocycles. The van der Waals surface area contributed by atoms with Gasteiger partial charge >= 0.3 is 0 Å². The smallest absolute Gasteiger partial charge is 0.0596 e. The molecule has 0 aromatic rings. The lowest BCUT2D eigenvalue weighted by atomic mass is 10.0. The molecule has 2 rings (SSSR count). The largest absolute Gasteiger partial charge is 0.393 e. The highest BCUT2D eigenvalue weighted by Gasteiger charge is 2.51. The first-order valence-corrected chi connectivity index (χ1v) is 3.52. The van der Waals surface area contributed by atoms with E-state index in [0.29, 0.717) is 5.41 Å². The van der Waals surface area contributed by atoms with Crippen LogP contribution in [0.2, 0.25) is 0 Å². The zero-order valence-corrected chi connectivity index (χ0v) is 5.06. The predicted octanol–water partition coefficient (Wildman–Crippen LogP) is 1.31. The fourth-order valence-electron chi connectivity index (χ4n) is 1.86. The molecular weight excluding hydrogens is 100 g/mol. The maximum atomic E-state index is 9.32. The molecule has 1 N–H and O–H groups in total. The molecule has 1 spiro atoms. The SMILES string of the molecule is O[C@@H]1CCCC12CC2. The van der Waals surface area contributed by atoms with Gasteiger partial charge in [0.25, 0.3) is 0 Å². The second-order valence-electron chi connectivity index (χ2n) is 3.27. The van der Waals surface area contributed by atoms with E-state index in [-0.39, 0.29) is 6.10 Å². The van der Waals surface area contributed by atoms with E-state index in [0.717, 1.165) is 6.42 Å². The number of hydrogen-bond acceptors (Lipinski definition) is 1. The van der Waals surface area contributed by atoms with Crippen LogP contribution in [0.3, 0.4) is 0 Å². The van der Waals surface area contributed by atoms with Crippen LogP contribution < -0.4 is 0 Å². The summed E-state index contributed by atoms with van der Waals surface area (Å²) in [6, 6.07) is 0. The summed E-state index contributed by atoms with van der Waals surface area (Å²) in [5.74, 6) is 0. The summed E-state index contributed by atoms with van der Waals surface area (Å²) in [6.45, 7) is 0. The molecule has 8 heavy (non-hydrogen) atoms. The maximum absolute atomic E-state index is 9.32. The zero-order chi connectivity index (χ0) is 5.61. The highest BCUT2D eigenvalue weighted by Crippen LogP contribution is 2.57. The molecule has 1 atom stereocenters. The Balaban J connectivity index is 2.12. The molecule has 0 aromatic carbocycles. The molecule has 0 bridgehead atoms. The molecule has 2 aliphatic rings. The second kappa shape index (κ2) is 1.27. The third-order valence-electron chi connectivity index (χ3n) is 2.75. The van der Waals surface area contributed by atoms with Crippen molar-refractivity contribution < 1.29 is 5.11 Å². The Hall–Kier alpha value is -0.0400. The Kier molecular flexibility index (Phi) is 0.762. The highest BCUT2D eigenvalue weighted by atomic mass is 16.3. The van der Waals surface area contributed by atoms with Gasteiger partial charge in [0, 0.05) is 0 Å². The van der Waals surface area contributed by atoms with Gasteiger partial charge in [-0.15, -0.1) is 0 Å². The van der Waals surface area contributed by atoms with Crippen LogP contribution in [0.25, 0.3) is 0 Å². The molecule has 1 nitrogen and oxygen atoms in total. The van der Waals surface area contributed by atoms with E-state index >= 15 is 0 Å². The van der Waals surface area contributed by atoms with Gasteiger partial charge < -0.3 is 5.11 Å². The van der Waals surface area contributed by atoms with Crippen molar-refractivity contribution in [1.82, 2.24) is 0 Å². The predicted molar refractivity (Wildman–Crippen MR) is 31.5 cm³/mol. The van der Waals surface area contributed by atoms with Gasteiger partial charge in [-0.05, 0) is 31.1 Å². The van der Waals surface area contributed by atoms with Crippen molar-refractivity contribution in [2.24, 2.45) is 5.41 Å². The van der Waals surface area contributed by atoms with Crippen LogP contribution in [-0.4, -0.2) is 11.2 Å². The Morgan fingerprint density at radius 3 is 2.25 bits per heavy atom. The Bertz CT molecular complexity index is 105. The van der Waals surface area contributed by atoms with Crippen molar-refractivity contribution in [3.63, 3.8) is 0 Å². The molecule has 46 valence electrons. The third kappa shape index (κ3) is 0.455. The minimum absolute atomic E-state index is 0.0718. The first-order chi connectivity index (χ1) is 3.83. The second-order valence-corrected chi connectivity index (χ2v) is 3.27. The topological polar surface area (TPSA) is 20.2 Å². The lowest BCUT2D eigenvalue weighted by Gasteiger charge is -2.09. The van der Waals surface area contributed by atoms with Crippen molar-refractivity contribution in [1.29, 1.82) is 0 Å². The Labute approximate surface area is 49.7 Å². The van der Waals surface area contributed by atoms with Crippen molar-refractivity contribution in [2.75, 3.05) is 0 Å². The van der Waals surface area contributed by atoms with Crippen LogP contribution in [0, 0.1) is 5.41 Å². The molecule has 0 unspecified atom stereocenters. The van der Waals surface area contributed by atoms with E-state index in [4.69, 9.17) is 0 Å². The number of hydrogen-bond donors (Lipinski definition) is 1. The highest BCUT2D eigenvalue weighted by molar-refractivity contribution is 5.02. The van der Waals surface area contributed by atoms with Crippen molar-refractivity contribution in [2.45, 2.75) is 38.2 Å². The van der Waals surface area contributed by atoms with E-state index in [1.807, 2.05) is 0 Å². The zero-order valence-electron chi connectivity index (χ0n) is 5.06. The fraction of sp³-hybridized carbons (Fsp3) is 1.00. The number of aliphatic hydroxyl groups is 1. The maximum Gasteiger partial charge on any atom is 0.0596 e. The molecule has 2 fully saturated rings. The first kappa shape index (κ1) is 4.80. The van der Waals surface area contributed by atoms with E-state index in [1.54, 1.807) is 0 Å². The van der Waals surface area contributed by atoms with Crippen molar-refractivity contribution >= 4 is 0 Å². The van der Waals surface area contributed by atoms with Crippen molar-refractivity contribution in [3.05, 3.63) is 0 Å². The Morgan fingerprint density at radius 2 is 2.00 bits per heavy atom. The van der Waals surface area contributed by atoms with Crippen LogP contribution in [0.5, 0.6) is 0 Å². The number of aliphatic hydroxyl groups excluding tert-OH is 1. The van der Waals surface area contributed by atoms with E-state index in [1.165, 1.54) is 25.7 Å². The van der Waals surface area contributed by atoms with E-state index in [9.17, 15) is 5.11 Å². The average molecular weight is 112 g/mol. The summed E-state index contributed by atoms with van der Waals surface area (Å²) in [5.41, 5.74) is 0.458. The molecule has 0 amide bonds. The van der Waals surface area contributed by atoms with E-state index < -0.39 is 0 Å². The normalized spacial score (nSPS) is 40.9. The van der Waals surface area contributed by atoms with Crippen LogP contribution in [0.4, 0.5) is 0 Å². The van der Waals surface area contributed by atoms with Gasteiger partial charge in [-0.1, -0.05) is 6.42 Å². The van der Waals surface area contributed by atoms with Crippen LogP contribution in [0.1, 0.15) is 32.1 Å². The number of rotatable bonds is 0. The summed E-state index contributed by atoms with van der Waals surface area (Å²) >= 11 is 0. The van der Waals surface area contributed by atoms with Crippen LogP contribution in [-0.2, 0) is 0 Å². The summed E-state index contributed by atoms with van der Waals surface area (Å²) in [7, 11) is 0. The summed E-state index contributed by atoms with van der Waals surface area (Å²) in [6.07, 6.45) is 6.31. The van der Waals surface area contributed by atoms with Gasteiger partial charge in [-0.3, -0.25) is 0 Å². The average Bonchev–Trinajstić information content (AvgIpc) is 2.39. The van der Waals surface area contributed by atoms with Gasteiger partial charge in [-0.2, -0.15) is 0 Å². The van der Waals surface area contributed by atoms with Crippen LogP contribution >= 0.6 is 0 Å². The fourth-order valence-corrected chi connectivity index (χ4v) is 1.86. The Morgan fingerprint density at radius 1 is 1.25 bits per heavy atom. The minimum Gasteiger partial charge on any atom is -0.393 e. The van der Waals surface area contributed by atoms with Gasteiger partial charge in [-0.25, -0.2) is 0 Å². The summed E-state index contributed by atoms with van der Waals surface area (Å²) in [5, 5.41) is 9.32. The lowest BCUT2D eigenvalue weighted by molar-refractivity contribution is 0.120. The van der Waals surface area contributed by atoms with Gasteiger partial charge in [0.1, 0.15) is 0 Å². The van der Waals surface area contributed by atoms with Gasteiger partial charge in [0.15, 0.2) is 0 Å². The lowest BCUT2D eigenvalue weighted by Crippen LogP contribution is -2.12. The van der Waals surface area contributed by atoms with E-state index in [2.05, 4.69) is 0 Å². The molecule has 0 saturated heterocycles. The molecule has 0 aromatic heterocycles. The molecule has 0 radical (unpaired) electrons. The first-order valence-electron chi connectivity index (χ1n) is 3.52. The molecule has 0 aliphatic heterocycles. The van der Waals surface area contributed by atoms with Crippen molar-refractivity contribution in [3.8, 4) is 0 Å². The third-order valence-corrected chi connectivity index (χ3v) is 2.75. The molecule has 2 saturated carbocycles. The standard InChI is InChI=1S/C7H12O/c8-6-2-1-3-7(6)4-5-7/h6,8H,1-5H2/t6-/m1/s1. The summed E-state index contributed by atoms with van der Waals surface area (Å²) < 4.78 is 0. The van der Waals surface area contributed by atoms with Crippen LogP contribution in [0.15, 0.2) is 0 Å². The van der Waals surface area contributed by atoms with Gasteiger partial charge in [0.05, 0.1) is 6.10 Å². The van der Waals surface area contributed by atoms with Gasteiger partial charge in [0.2, 0.25) is 0 Å². The quantitative estimate of drug-likeness (QED) is 0.501. The minimum atomic E-state index is 0.0718. The molecular formula is C7H12O. The molecule has 1 heteroatoms. The monoisotopic (exact) mass is 112 g/mol. The molecule has 0 heterocycles.